The molecule has 178 valence electrons. The molecule has 7 nitrogen and oxygen atoms in total. The molecule has 1 heterocycles. The first-order chi connectivity index (χ1) is 15.8. The van der Waals surface area contributed by atoms with Crippen LogP contribution < -0.4 is 20.9 Å². The second-order valence-electron chi connectivity index (χ2n) is 8.94. The minimum absolute atomic E-state index is 0.0892. The molecular weight excluding hydrogens is 483 g/mol. The number of anilines is 3. The average Bonchev–Trinajstić information content (AvgIpc) is 2.78. The van der Waals surface area contributed by atoms with Gasteiger partial charge in [-0.05, 0) is 63.5 Å². The molecule has 4 rings (SSSR count). The van der Waals surface area contributed by atoms with Crippen molar-refractivity contribution >= 4 is 58.3 Å². The molecule has 3 N–H and O–H groups in total. The lowest BCUT2D eigenvalue weighted by Gasteiger charge is -2.30. The second kappa shape index (κ2) is 10.5. The third kappa shape index (κ3) is 5.94. The van der Waals surface area contributed by atoms with Gasteiger partial charge in [0.15, 0.2) is 0 Å². The number of nitrogens with one attached hydrogen (secondary N) is 3. The van der Waals surface area contributed by atoms with Crippen LogP contribution in [-0.4, -0.2) is 42.2 Å². The van der Waals surface area contributed by atoms with Gasteiger partial charge in [-0.25, -0.2) is 9.78 Å². The molecule has 0 saturated heterocycles. The molecule has 10 heteroatoms. The first-order valence-electron chi connectivity index (χ1n) is 11.4. The van der Waals surface area contributed by atoms with Crippen LogP contribution in [-0.2, 0) is 12.8 Å². The molecule has 0 radical (unpaired) electrons. The van der Waals surface area contributed by atoms with Crippen LogP contribution in [0.2, 0.25) is 15.1 Å². The van der Waals surface area contributed by atoms with Gasteiger partial charge in [-0.1, -0.05) is 34.8 Å². The number of rotatable bonds is 5. The Kier molecular flexibility index (Phi) is 7.72. The molecule has 1 aromatic carbocycles. The molecule has 2 aliphatic carbocycles. The summed E-state index contributed by atoms with van der Waals surface area (Å²) in [4.78, 5) is 24.2. The number of aromatic nitrogens is 2. The standard InChI is InChI=1S/C23H29Cl3N6O/c1-32(2)21-15-5-3-4-6-19(15)29-22(31-21)27-13-7-9-14(10-8-13)28-23(33)30-20-12-17(25)16(24)11-18(20)26/h11-14H,3-10H2,1-2H3,(H,27,29,31)(H2,28,30,33). The molecule has 33 heavy (non-hydrogen) atoms. The number of benzene rings is 1. The van der Waals surface area contributed by atoms with Crippen LogP contribution in [0.4, 0.5) is 22.2 Å². The summed E-state index contributed by atoms with van der Waals surface area (Å²) in [5.41, 5.74) is 2.90. The SMILES string of the molecule is CN(C)c1nc(NC2CCC(NC(=O)Nc3cc(Cl)c(Cl)cc3Cl)CC2)nc2c1CCCC2. The second-order valence-corrected chi connectivity index (χ2v) is 10.2. The van der Waals surface area contributed by atoms with E-state index in [2.05, 4.69) is 20.9 Å². The number of halogens is 3. The summed E-state index contributed by atoms with van der Waals surface area (Å²) in [6.07, 6.45) is 8.04. The largest absolute Gasteiger partial charge is 0.362 e. The Labute approximate surface area is 209 Å². The zero-order valence-electron chi connectivity index (χ0n) is 18.9. The lowest BCUT2D eigenvalue weighted by Crippen LogP contribution is -2.42. The summed E-state index contributed by atoms with van der Waals surface area (Å²) in [7, 11) is 4.07. The number of hydrogen-bond acceptors (Lipinski definition) is 5. The van der Waals surface area contributed by atoms with Crippen LogP contribution in [0, 0.1) is 0 Å². The normalized spacial score (nSPS) is 20.0. The first kappa shape index (κ1) is 24.2. The number of carbonyl (C=O) groups excluding carboxylic acids is 1. The number of aryl methyl sites for hydroxylation is 1. The number of carbonyl (C=O) groups is 1. The summed E-state index contributed by atoms with van der Waals surface area (Å²) in [6.45, 7) is 0. The van der Waals surface area contributed by atoms with Crippen LogP contribution in [0.3, 0.4) is 0 Å². The van der Waals surface area contributed by atoms with E-state index in [0.717, 1.165) is 44.3 Å². The molecule has 0 spiro atoms. The van der Waals surface area contributed by atoms with E-state index in [1.807, 2.05) is 14.1 Å². The van der Waals surface area contributed by atoms with Gasteiger partial charge in [0.2, 0.25) is 5.95 Å². The van der Waals surface area contributed by atoms with Gasteiger partial charge in [0, 0.05) is 31.7 Å². The quantitative estimate of drug-likeness (QED) is 0.434. The Morgan fingerprint density at radius 2 is 1.61 bits per heavy atom. The highest BCUT2D eigenvalue weighted by atomic mass is 35.5. The summed E-state index contributed by atoms with van der Waals surface area (Å²) in [5.74, 6) is 1.73. The fourth-order valence-corrected chi connectivity index (χ4v) is 5.13. The van der Waals surface area contributed by atoms with Crippen LogP contribution in [0.15, 0.2) is 12.1 Å². The topological polar surface area (TPSA) is 82.2 Å². The predicted octanol–water partition coefficient (Wildman–Crippen LogP) is 5.93. The number of urea groups is 1. The van der Waals surface area contributed by atoms with E-state index in [-0.39, 0.29) is 18.1 Å². The number of fused-ring (bicyclic) bond motifs is 1. The van der Waals surface area contributed by atoms with E-state index in [9.17, 15) is 4.79 Å². The summed E-state index contributed by atoms with van der Waals surface area (Å²) in [6, 6.07) is 3.13. The van der Waals surface area contributed by atoms with Gasteiger partial charge in [0.25, 0.3) is 0 Å². The Balaban J connectivity index is 1.31. The summed E-state index contributed by atoms with van der Waals surface area (Å²) in [5, 5.41) is 10.3. The molecule has 2 aromatic rings. The third-order valence-corrected chi connectivity index (χ3v) is 7.27. The number of nitrogens with zero attached hydrogens (tertiary/aromatic N) is 3. The van der Waals surface area contributed by atoms with Crippen molar-refractivity contribution in [3.05, 3.63) is 38.5 Å². The Morgan fingerprint density at radius 1 is 0.939 bits per heavy atom. The molecule has 0 atom stereocenters. The Morgan fingerprint density at radius 3 is 2.33 bits per heavy atom. The van der Waals surface area contributed by atoms with Gasteiger partial charge in [-0.15, -0.1) is 0 Å². The highest BCUT2D eigenvalue weighted by Gasteiger charge is 2.25. The molecule has 2 aliphatic rings. The molecule has 2 amide bonds. The van der Waals surface area contributed by atoms with Gasteiger partial charge in [0.05, 0.1) is 26.4 Å². The smallest absolute Gasteiger partial charge is 0.319 e. The molecule has 1 saturated carbocycles. The Hall–Kier alpha value is -1.96. The highest BCUT2D eigenvalue weighted by Crippen LogP contribution is 2.32. The van der Waals surface area contributed by atoms with Crippen molar-refractivity contribution in [3.8, 4) is 0 Å². The highest BCUT2D eigenvalue weighted by molar-refractivity contribution is 6.44. The van der Waals surface area contributed by atoms with Crippen molar-refractivity contribution in [2.75, 3.05) is 29.6 Å². The van der Waals surface area contributed by atoms with E-state index in [0.29, 0.717) is 26.7 Å². The molecule has 1 fully saturated rings. The Bertz CT molecular complexity index is 1020. The van der Waals surface area contributed by atoms with E-state index in [4.69, 9.17) is 44.8 Å². The number of amides is 2. The first-order valence-corrected chi connectivity index (χ1v) is 12.5. The van der Waals surface area contributed by atoms with Crippen molar-refractivity contribution in [3.63, 3.8) is 0 Å². The molecular formula is C23H29Cl3N6O. The van der Waals surface area contributed by atoms with Crippen LogP contribution >= 0.6 is 34.8 Å². The number of hydrogen-bond donors (Lipinski definition) is 3. The van der Waals surface area contributed by atoms with Crippen molar-refractivity contribution in [2.45, 2.75) is 63.5 Å². The fraction of sp³-hybridized carbons (Fsp3) is 0.522. The lowest BCUT2D eigenvalue weighted by atomic mass is 9.91. The van der Waals surface area contributed by atoms with Crippen molar-refractivity contribution in [2.24, 2.45) is 0 Å². The minimum Gasteiger partial charge on any atom is -0.362 e. The van der Waals surface area contributed by atoms with Gasteiger partial charge in [-0.2, -0.15) is 4.98 Å². The molecule has 0 aliphatic heterocycles. The van der Waals surface area contributed by atoms with Gasteiger partial charge in [-0.3, -0.25) is 0 Å². The monoisotopic (exact) mass is 510 g/mol. The maximum atomic E-state index is 12.4. The predicted molar refractivity (Wildman–Crippen MR) is 136 cm³/mol. The van der Waals surface area contributed by atoms with E-state index < -0.39 is 0 Å². The zero-order valence-corrected chi connectivity index (χ0v) is 21.1. The maximum absolute atomic E-state index is 12.4. The van der Waals surface area contributed by atoms with Crippen molar-refractivity contribution in [1.82, 2.24) is 15.3 Å². The average molecular weight is 512 g/mol. The maximum Gasteiger partial charge on any atom is 0.319 e. The van der Waals surface area contributed by atoms with Crippen molar-refractivity contribution < 1.29 is 4.79 Å². The fourth-order valence-electron chi connectivity index (χ4n) is 4.54. The molecule has 1 aromatic heterocycles. The van der Waals surface area contributed by atoms with Gasteiger partial charge in [0.1, 0.15) is 5.82 Å². The van der Waals surface area contributed by atoms with Crippen LogP contribution in [0.25, 0.3) is 0 Å². The van der Waals surface area contributed by atoms with E-state index in [1.54, 1.807) is 6.07 Å². The van der Waals surface area contributed by atoms with E-state index >= 15 is 0 Å². The van der Waals surface area contributed by atoms with E-state index in [1.165, 1.54) is 30.2 Å². The van der Waals surface area contributed by atoms with Crippen LogP contribution in [0.5, 0.6) is 0 Å². The van der Waals surface area contributed by atoms with Gasteiger partial charge < -0.3 is 20.9 Å². The third-order valence-electron chi connectivity index (χ3n) is 6.24. The minimum atomic E-state index is -0.305. The van der Waals surface area contributed by atoms with Crippen LogP contribution in [0.1, 0.15) is 49.8 Å². The van der Waals surface area contributed by atoms with Gasteiger partial charge >= 0.3 is 6.03 Å². The zero-order chi connectivity index (χ0) is 23.5. The summed E-state index contributed by atoms with van der Waals surface area (Å²) < 4.78 is 0. The molecule has 0 bridgehead atoms. The molecule has 0 unspecified atom stereocenters. The van der Waals surface area contributed by atoms with Crippen molar-refractivity contribution in [1.29, 1.82) is 0 Å². The lowest BCUT2D eigenvalue weighted by molar-refractivity contribution is 0.243. The summed E-state index contributed by atoms with van der Waals surface area (Å²) >= 11 is 18.1.